The molecule has 0 bridgehead atoms. The number of rotatable bonds is 4. The molecule has 0 radical (unpaired) electrons. The lowest BCUT2D eigenvalue weighted by atomic mass is 10.0. The molecule has 1 unspecified atom stereocenters. The first-order chi connectivity index (χ1) is 9.78. The molecule has 0 heterocycles. The number of benzene rings is 2. The van der Waals surface area contributed by atoms with Crippen LogP contribution in [0.1, 0.15) is 30.0 Å². The van der Waals surface area contributed by atoms with E-state index in [9.17, 15) is 0 Å². The number of nitrogens with zero attached hydrogens (tertiary/aromatic N) is 1. The van der Waals surface area contributed by atoms with Crippen molar-refractivity contribution in [1.82, 2.24) is 0 Å². The van der Waals surface area contributed by atoms with E-state index in [0.717, 1.165) is 5.69 Å². The number of hydrogen-bond donors (Lipinski definition) is 1. The number of nitrogens with one attached hydrogen (secondary N) is 1. The number of halogens is 1. The van der Waals surface area contributed by atoms with Gasteiger partial charge >= 0.3 is 0 Å². The summed E-state index contributed by atoms with van der Waals surface area (Å²) in [6, 6.07) is 18.2. The third kappa shape index (κ3) is 2.79. The zero-order chi connectivity index (χ0) is 13.9. The molecule has 1 atom stereocenters. The highest BCUT2D eigenvalue weighted by atomic mass is 35.5. The summed E-state index contributed by atoms with van der Waals surface area (Å²) in [6.07, 6.45) is 2.50. The first-order valence-electron chi connectivity index (χ1n) is 6.79. The molecule has 0 amide bonds. The highest BCUT2D eigenvalue weighted by Crippen LogP contribution is 2.43. The maximum atomic E-state index is 8.88. The highest BCUT2D eigenvalue weighted by molar-refractivity contribution is 6.33. The Bertz CT molecular complexity index is 642. The lowest BCUT2D eigenvalue weighted by molar-refractivity contribution is 0.679. The maximum absolute atomic E-state index is 8.88. The van der Waals surface area contributed by atoms with Crippen molar-refractivity contribution in [2.75, 3.05) is 5.32 Å². The topological polar surface area (TPSA) is 35.8 Å². The molecule has 2 aromatic carbocycles. The summed E-state index contributed by atoms with van der Waals surface area (Å²) >= 11 is 6.25. The Kier molecular flexibility index (Phi) is 3.62. The Balaban J connectivity index is 1.86. The van der Waals surface area contributed by atoms with Gasteiger partial charge in [-0.3, -0.25) is 0 Å². The smallest absolute Gasteiger partial charge is 0.0992 e. The Morgan fingerprint density at radius 1 is 1.15 bits per heavy atom. The third-order valence-corrected chi connectivity index (χ3v) is 3.97. The fraction of sp³-hybridized carbons (Fsp3) is 0.235. The molecule has 1 saturated carbocycles. The normalized spacial score (nSPS) is 15.4. The zero-order valence-corrected chi connectivity index (χ0v) is 11.8. The molecule has 1 aliphatic carbocycles. The first-order valence-corrected chi connectivity index (χ1v) is 7.17. The van der Waals surface area contributed by atoms with Gasteiger partial charge in [-0.25, -0.2) is 0 Å². The molecule has 0 aliphatic heterocycles. The van der Waals surface area contributed by atoms with Crippen molar-refractivity contribution in [3.05, 3.63) is 64.7 Å². The maximum Gasteiger partial charge on any atom is 0.0992 e. The van der Waals surface area contributed by atoms with Crippen molar-refractivity contribution >= 4 is 17.3 Å². The fourth-order valence-corrected chi connectivity index (χ4v) is 2.67. The predicted octanol–water partition coefficient (Wildman–Crippen LogP) is 4.77. The average Bonchev–Trinajstić information content (AvgIpc) is 3.31. The molecule has 1 fully saturated rings. The van der Waals surface area contributed by atoms with Crippen LogP contribution in [0.2, 0.25) is 5.02 Å². The third-order valence-electron chi connectivity index (χ3n) is 3.66. The molecule has 2 nitrogen and oxygen atoms in total. The van der Waals surface area contributed by atoms with E-state index in [4.69, 9.17) is 16.9 Å². The summed E-state index contributed by atoms with van der Waals surface area (Å²) in [5.41, 5.74) is 2.77. The minimum Gasteiger partial charge on any atom is -0.377 e. The Hall–Kier alpha value is -1.98. The summed E-state index contributed by atoms with van der Waals surface area (Å²) < 4.78 is 0. The number of anilines is 1. The van der Waals surface area contributed by atoms with E-state index in [1.807, 2.05) is 12.1 Å². The summed E-state index contributed by atoms with van der Waals surface area (Å²) in [5, 5.41) is 13.0. The summed E-state index contributed by atoms with van der Waals surface area (Å²) in [7, 11) is 0. The molecule has 2 aromatic rings. The van der Waals surface area contributed by atoms with Gasteiger partial charge in [-0.1, -0.05) is 41.9 Å². The minimum atomic E-state index is 0.293. The van der Waals surface area contributed by atoms with Crippen LogP contribution in [0.4, 0.5) is 5.69 Å². The number of hydrogen-bond acceptors (Lipinski definition) is 2. The molecule has 0 aromatic heterocycles. The molecule has 0 spiro atoms. The molecule has 3 rings (SSSR count). The van der Waals surface area contributed by atoms with Crippen LogP contribution in [-0.4, -0.2) is 0 Å². The van der Waals surface area contributed by atoms with Crippen LogP contribution in [0, 0.1) is 17.2 Å². The Morgan fingerprint density at radius 2 is 1.90 bits per heavy atom. The van der Waals surface area contributed by atoms with Crippen LogP contribution < -0.4 is 5.32 Å². The molecule has 100 valence electrons. The van der Waals surface area contributed by atoms with Gasteiger partial charge in [-0.15, -0.1) is 0 Å². The van der Waals surface area contributed by atoms with Gasteiger partial charge in [0, 0.05) is 0 Å². The molecular formula is C17H15ClN2. The van der Waals surface area contributed by atoms with Crippen molar-refractivity contribution in [2.24, 2.45) is 5.92 Å². The summed E-state index contributed by atoms with van der Waals surface area (Å²) in [4.78, 5) is 0. The van der Waals surface area contributed by atoms with Gasteiger partial charge in [0.05, 0.1) is 28.4 Å². The first kappa shape index (κ1) is 13.0. The van der Waals surface area contributed by atoms with E-state index in [2.05, 4.69) is 35.7 Å². The lowest BCUT2D eigenvalue weighted by Gasteiger charge is -2.21. The predicted molar refractivity (Wildman–Crippen MR) is 81.7 cm³/mol. The van der Waals surface area contributed by atoms with E-state index < -0.39 is 0 Å². The van der Waals surface area contributed by atoms with Crippen molar-refractivity contribution in [2.45, 2.75) is 18.9 Å². The Labute approximate surface area is 124 Å². The monoisotopic (exact) mass is 282 g/mol. The molecule has 3 heteroatoms. The second-order valence-corrected chi connectivity index (χ2v) is 5.58. The van der Waals surface area contributed by atoms with Crippen molar-refractivity contribution in [3.63, 3.8) is 0 Å². The van der Waals surface area contributed by atoms with Gasteiger partial charge in [-0.2, -0.15) is 5.26 Å². The van der Waals surface area contributed by atoms with Gasteiger partial charge in [0.15, 0.2) is 0 Å². The van der Waals surface area contributed by atoms with E-state index >= 15 is 0 Å². The largest absolute Gasteiger partial charge is 0.377 e. The van der Waals surface area contributed by atoms with Crippen molar-refractivity contribution in [3.8, 4) is 6.07 Å². The zero-order valence-electron chi connectivity index (χ0n) is 11.0. The standard InChI is InChI=1S/C17H15ClN2/c18-15-10-12(11-19)6-9-16(15)20-17(14-7-8-14)13-4-2-1-3-5-13/h1-6,9-10,14,17,20H,7-8H2. The van der Waals surface area contributed by atoms with E-state index in [1.54, 1.807) is 12.1 Å². The van der Waals surface area contributed by atoms with Gasteiger partial charge in [0.25, 0.3) is 0 Å². The van der Waals surface area contributed by atoms with Crippen LogP contribution in [0.15, 0.2) is 48.5 Å². The lowest BCUT2D eigenvalue weighted by Crippen LogP contribution is -2.13. The second kappa shape index (κ2) is 5.56. The molecule has 1 N–H and O–H groups in total. The van der Waals surface area contributed by atoms with Gasteiger partial charge in [0.2, 0.25) is 0 Å². The van der Waals surface area contributed by atoms with Crippen LogP contribution in [0.3, 0.4) is 0 Å². The highest BCUT2D eigenvalue weighted by Gasteiger charge is 2.32. The van der Waals surface area contributed by atoms with E-state index in [0.29, 0.717) is 22.5 Å². The van der Waals surface area contributed by atoms with Crippen molar-refractivity contribution in [1.29, 1.82) is 5.26 Å². The summed E-state index contributed by atoms with van der Waals surface area (Å²) in [6.45, 7) is 0. The van der Waals surface area contributed by atoms with Crippen molar-refractivity contribution < 1.29 is 0 Å². The quantitative estimate of drug-likeness (QED) is 0.876. The fourth-order valence-electron chi connectivity index (χ4n) is 2.43. The minimum absolute atomic E-state index is 0.293. The molecule has 20 heavy (non-hydrogen) atoms. The van der Waals surface area contributed by atoms with Crippen LogP contribution in [0.25, 0.3) is 0 Å². The van der Waals surface area contributed by atoms with Gasteiger partial charge < -0.3 is 5.32 Å². The van der Waals surface area contributed by atoms with E-state index in [-0.39, 0.29) is 0 Å². The SMILES string of the molecule is N#Cc1ccc(NC(c2ccccc2)C2CC2)c(Cl)c1. The molecule has 1 aliphatic rings. The molecule has 0 saturated heterocycles. The van der Waals surface area contributed by atoms with Crippen LogP contribution in [0.5, 0.6) is 0 Å². The number of nitriles is 1. The Morgan fingerprint density at radius 3 is 2.50 bits per heavy atom. The second-order valence-electron chi connectivity index (χ2n) is 5.18. The van der Waals surface area contributed by atoms with Gasteiger partial charge in [0.1, 0.15) is 0 Å². The van der Waals surface area contributed by atoms with Crippen LogP contribution in [-0.2, 0) is 0 Å². The van der Waals surface area contributed by atoms with Gasteiger partial charge in [-0.05, 0) is 42.5 Å². The van der Waals surface area contributed by atoms with Crippen LogP contribution >= 0.6 is 11.6 Å². The molecular weight excluding hydrogens is 268 g/mol. The van der Waals surface area contributed by atoms with E-state index in [1.165, 1.54) is 18.4 Å². The summed E-state index contributed by atoms with van der Waals surface area (Å²) in [5.74, 6) is 0.670. The average molecular weight is 283 g/mol.